The van der Waals surface area contributed by atoms with E-state index in [0.29, 0.717) is 12.4 Å². The van der Waals surface area contributed by atoms with E-state index in [1.54, 1.807) is 11.9 Å². The monoisotopic (exact) mass is 351 g/mol. The predicted octanol–water partition coefficient (Wildman–Crippen LogP) is 4.35. The van der Waals surface area contributed by atoms with E-state index in [0.717, 1.165) is 49.1 Å². The Balaban J connectivity index is 1.74. The van der Waals surface area contributed by atoms with Crippen LogP contribution in [0.4, 0.5) is 0 Å². The minimum absolute atomic E-state index is 0.244. The highest BCUT2D eigenvalue weighted by molar-refractivity contribution is 8.01. The standard InChI is InChI=1S/C21H21NO2S/c1-13-11-22-20(16-9-10-24-12-17(16)25-22)19(14-5-3-2-4-6-14)18(13)21(23)15-7-8-15/h2-6,15H,7-12H2,1H3. The summed E-state index contributed by atoms with van der Waals surface area (Å²) in [6, 6.07) is 10.5. The van der Waals surface area contributed by atoms with E-state index in [4.69, 9.17) is 4.74 Å². The molecule has 1 fully saturated rings. The molecule has 0 aromatic heterocycles. The van der Waals surface area contributed by atoms with Crippen LogP contribution in [0, 0.1) is 5.92 Å². The zero-order valence-electron chi connectivity index (χ0n) is 14.4. The molecule has 0 spiro atoms. The van der Waals surface area contributed by atoms with Crippen LogP contribution in [0.2, 0.25) is 0 Å². The molecule has 0 amide bonds. The van der Waals surface area contributed by atoms with Gasteiger partial charge in [0.25, 0.3) is 0 Å². The SMILES string of the molecule is CC1=C(C(=O)C2CC2)C(c2ccccc2)=C2C3=C(COCC3)SN2C1. The summed E-state index contributed by atoms with van der Waals surface area (Å²) in [5, 5.41) is 0. The molecule has 3 aliphatic heterocycles. The fourth-order valence-electron chi connectivity index (χ4n) is 4.01. The van der Waals surface area contributed by atoms with Gasteiger partial charge in [0, 0.05) is 22.0 Å². The Labute approximate surface area is 152 Å². The number of fused-ring (bicyclic) bond motifs is 2. The van der Waals surface area contributed by atoms with Crippen LogP contribution in [0.1, 0.15) is 31.7 Å². The van der Waals surface area contributed by atoms with Crippen LogP contribution in [-0.2, 0) is 9.53 Å². The first kappa shape index (κ1) is 15.5. The highest BCUT2D eigenvalue weighted by Gasteiger charge is 2.41. The summed E-state index contributed by atoms with van der Waals surface area (Å²) in [6.45, 7) is 4.43. The Morgan fingerprint density at radius 1 is 1.24 bits per heavy atom. The number of ether oxygens (including phenoxy) is 1. The smallest absolute Gasteiger partial charge is 0.166 e. The topological polar surface area (TPSA) is 29.5 Å². The maximum absolute atomic E-state index is 13.1. The van der Waals surface area contributed by atoms with Gasteiger partial charge in [-0.15, -0.1) is 0 Å². The molecule has 0 bridgehead atoms. The van der Waals surface area contributed by atoms with Crippen molar-refractivity contribution in [1.29, 1.82) is 0 Å². The summed E-state index contributed by atoms with van der Waals surface area (Å²) in [7, 11) is 0. The van der Waals surface area contributed by atoms with Crippen molar-refractivity contribution in [2.75, 3.05) is 19.8 Å². The van der Waals surface area contributed by atoms with Gasteiger partial charge >= 0.3 is 0 Å². The fourth-order valence-corrected chi connectivity index (χ4v) is 5.27. The molecule has 0 saturated heterocycles. The van der Waals surface area contributed by atoms with E-state index >= 15 is 0 Å². The van der Waals surface area contributed by atoms with Crippen LogP contribution in [0.5, 0.6) is 0 Å². The molecule has 128 valence electrons. The van der Waals surface area contributed by atoms with E-state index in [1.807, 2.05) is 6.07 Å². The fraction of sp³-hybridized carbons (Fsp3) is 0.381. The summed E-state index contributed by atoms with van der Waals surface area (Å²) in [5.74, 6) is 0.600. The molecule has 0 N–H and O–H groups in total. The second kappa shape index (κ2) is 5.89. The minimum Gasteiger partial charge on any atom is -0.376 e. The highest BCUT2D eigenvalue weighted by Crippen LogP contribution is 2.52. The quantitative estimate of drug-likeness (QED) is 0.758. The Morgan fingerprint density at radius 3 is 2.80 bits per heavy atom. The Morgan fingerprint density at radius 2 is 2.04 bits per heavy atom. The summed E-state index contributed by atoms with van der Waals surface area (Å²) in [4.78, 5) is 14.5. The number of nitrogens with zero attached hydrogens (tertiary/aromatic N) is 1. The Bertz CT molecular complexity index is 846. The summed E-state index contributed by atoms with van der Waals surface area (Å²) in [6.07, 6.45) is 3.04. The van der Waals surface area contributed by atoms with Crippen molar-refractivity contribution < 1.29 is 9.53 Å². The molecule has 0 unspecified atom stereocenters. The summed E-state index contributed by atoms with van der Waals surface area (Å²) >= 11 is 1.80. The van der Waals surface area contributed by atoms with Crippen LogP contribution in [0.25, 0.3) is 5.57 Å². The molecule has 1 aliphatic carbocycles. The van der Waals surface area contributed by atoms with Crippen LogP contribution in [0.15, 0.2) is 57.7 Å². The van der Waals surface area contributed by atoms with E-state index in [1.165, 1.54) is 21.7 Å². The molecule has 1 saturated carbocycles. The molecule has 3 heterocycles. The summed E-state index contributed by atoms with van der Waals surface area (Å²) in [5.41, 5.74) is 7.16. The minimum atomic E-state index is 0.244. The lowest BCUT2D eigenvalue weighted by molar-refractivity contribution is -0.116. The molecule has 0 atom stereocenters. The van der Waals surface area contributed by atoms with Gasteiger partial charge in [0.1, 0.15) is 0 Å². The first-order chi connectivity index (χ1) is 12.2. The third kappa shape index (κ3) is 2.51. The number of rotatable bonds is 3. The maximum atomic E-state index is 13.1. The van der Waals surface area contributed by atoms with Crippen molar-refractivity contribution in [3.63, 3.8) is 0 Å². The predicted molar refractivity (Wildman–Crippen MR) is 101 cm³/mol. The first-order valence-corrected chi connectivity index (χ1v) is 9.81. The third-order valence-corrected chi connectivity index (χ3v) is 6.49. The van der Waals surface area contributed by atoms with Crippen LogP contribution < -0.4 is 0 Å². The van der Waals surface area contributed by atoms with Crippen molar-refractivity contribution in [2.45, 2.75) is 26.2 Å². The lowest BCUT2D eigenvalue weighted by atomic mass is 9.83. The molecule has 0 radical (unpaired) electrons. The lowest BCUT2D eigenvalue weighted by Crippen LogP contribution is -2.26. The van der Waals surface area contributed by atoms with Crippen molar-refractivity contribution in [3.8, 4) is 0 Å². The van der Waals surface area contributed by atoms with Crippen LogP contribution in [-0.4, -0.2) is 29.8 Å². The molecule has 1 aromatic rings. The van der Waals surface area contributed by atoms with E-state index in [2.05, 4.69) is 35.5 Å². The van der Waals surface area contributed by atoms with Gasteiger partial charge in [0.15, 0.2) is 5.78 Å². The largest absolute Gasteiger partial charge is 0.376 e. The van der Waals surface area contributed by atoms with Gasteiger partial charge in [-0.05, 0) is 54.8 Å². The zero-order chi connectivity index (χ0) is 17.0. The molecular weight excluding hydrogens is 330 g/mol. The second-order valence-corrected chi connectivity index (χ2v) is 8.33. The zero-order valence-corrected chi connectivity index (χ0v) is 15.2. The number of benzene rings is 1. The van der Waals surface area contributed by atoms with Crippen molar-refractivity contribution >= 4 is 23.3 Å². The van der Waals surface area contributed by atoms with Crippen molar-refractivity contribution in [3.05, 3.63) is 63.2 Å². The normalized spacial score (nSPS) is 23.2. The van der Waals surface area contributed by atoms with Gasteiger partial charge < -0.3 is 9.04 Å². The van der Waals surface area contributed by atoms with Crippen LogP contribution >= 0.6 is 11.9 Å². The van der Waals surface area contributed by atoms with Gasteiger partial charge in [0.2, 0.25) is 0 Å². The molecule has 4 aliphatic rings. The molecule has 5 rings (SSSR count). The average Bonchev–Trinajstić information content (AvgIpc) is 3.42. The maximum Gasteiger partial charge on any atom is 0.166 e. The average molecular weight is 351 g/mol. The number of hydrogen-bond donors (Lipinski definition) is 0. The number of ketones is 1. The number of Topliss-reactive ketones (excluding diaryl/α,β-unsaturated/α-hetero) is 1. The number of carbonyl (C=O) groups is 1. The molecular formula is C21H21NO2S. The van der Waals surface area contributed by atoms with Gasteiger partial charge in [-0.3, -0.25) is 4.79 Å². The van der Waals surface area contributed by atoms with Gasteiger partial charge in [0.05, 0.1) is 25.5 Å². The molecule has 4 heteroatoms. The van der Waals surface area contributed by atoms with Gasteiger partial charge in [-0.1, -0.05) is 30.3 Å². The lowest BCUT2D eigenvalue weighted by Gasteiger charge is -2.31. The van der Waals surface area contributed by atoms with Gasteiger partial charge in [-0.25, -0.2) is 0 Å². The van der Waals surface area contributed by atoms with E-state index in [-0.39, 0.29) is 5.92 Å². The first-order valence-electron chi connectivity index (χ1n) is 9.03. The third-order valence-electron chi connectivity index (χ3n) is 5.37. The molecule has 25 heavy (non-hydrogen) atoms. The molecule has 1 aromatic carbocycles. The van der Waals surface area contributed by atoms with Crippen LogP contribution in [0.3, 0.4) is 0 Å². The second-order valence-electron chi connectivity index (χ2n) is 7.22. The number of hydrogen-bond acceptors (Lipinski definition) is 4. The Hall–Kier alpha value is -1.78. The van der Waals surface area contributed by atoms with Crippen molar-refractivity contribution in [1.82, 2.24) is 4.31 Å². The number of carbonyl (C=O) groups excluding carboxylic acids is 1. The molecule has 3 nitrogen and oxygen atoms in total. The van der Waals surface area contributed by atoms with E-state index < -0.39 is 0 Å². The van der Waals surface area contributed by atoms with Gasteiger partial charge in [-0.2, -0.15) is 0 Å². The number of allylic oxidation sites excluding steroid dienone is 3. The highest BCUT2D eigenvalue weighted by atomic mass is 32.2. The summed E-state index contributed by atoms with van der Waals surface area (Å²) < 4.78 is 8.05. The van der Waals surface area contributed by atoms with E-state index in [9.17, 15) is 4.79 Å². The Kier molecular flexibility index (Phi) is 3.64. The van der Waals surface area contributed by atoms with Crippen molar-refractivity contribution in [2.24, 2.45) is 5.92 Å².